The topological polar surface area (TPSA) is 77.7 Å². The summed E-state index contributed by atoms with van der Waals surface area (Å²) in [6, 6.07) is 4.80. The summed E-state index contributed by atoms with van der Waals surface area (Å²) in [6.07, 6.45) is 1.71. The summed E-state index contributed by atoms with van der Waals surface area (Å²) in [5.41, 5.74) is 2.63. The van der Waals surface area contributed by atoms with E-state index in [1.54, 1.807) is 24.7 Å². The first-order valence-corrected chi connectivity index (χ1v) is 9.05. The summed E-state index contributed by atoms with van der Waals surface area (Å²) in [6.45, 7) is 3.47. The Morgan fingerprint density at radius 1 is 1.26 bits per heavy atom. The Labute approximate surface area is 139 Å². The molecule has 0 unspecified atom stereocenters. The number of aryl methyl sites for hydroxylation is 2. The molecule has 0 saturated heterocycles. The zero-order valence-corrected chi connectivity index (χ0v) is 14.5. The highest BCUT2D eigenvalue weighted by molar-refractivity contribution is 7.91. The van der Waals surface area contributed by atoms with Crippen LogP contribution in [0.1, 0.15) is 12.6 Å². The molecular weight excluding hydrogens is 336 g/mol. The molecule has 0 aliphatic heterocycles. The van der Waals surface area contributed by atoms with Crippen molar-refractivity contribution >= 4 is 32.5 Å². The lowest BCUT2D eigenvalue weighted by molar-refractivity contribution is 0.597. The second-order valence-corrected chi connectivity index (χ2v) is 7.83. The van der Waals surface area contributed by atoms with Crippen LogP contribution in [0, 0.1) is 6.92 Å². The standard InChI is InChI=1S/C15H15ClN4O2S/c1-4-23(21,22)12-5-6-13(16)19-14(12)15-18-10-7-9(2)17-8-11(10)20(15)3/h5-8H,4H2,1-3H3. The Bertz CT molecular complexity index is 1010. The Kier molecular flexibility index (Phi) is 3.85. The van der Waals surface area contributed by atoms with Crippen LogP contribution in [0.3, 0.4) is 0 Å². The molecule has 0 saturated carbocycles. The minimum Gasteiger partial charge on any atom is -0.324 e. The Morgan fingerprint density at radius 3 is 2.70 bits per heavy atom. The molecule has 0 fully saturated rings. The summed E-state index contributed by atoms with van der Waals surface area (Å²) in [5, 5.41) is 0.219. The summed E-state index contributed by atoms with van der Waals surface area (Å²) in [4.78, 5) is 13.1. The van der Waals surface area contributed by atoms with Gasteiger partial charge in [-0.1, -0.05) is 18.5 Å². The van der Waals surface area contributed by atoms with E-state index in [4.69, 9.17) is 11.6 Å². The molecule has 0 aromatic carbocycles. The maximum atomic E-state index is 12.4. The molecule has 0 N–H and O–H groups in total. The minimum atomic E-state index is -3.45. The van der Waals surface area contributed by atoms with E-state index in [0.29, 0.717) is 5.82 Å². The molecule has 23 heavy (non-hydrogen) atoms. The second kappa shape index (κ2) is 5.58. The summed E-state index contributed by atoms with van der Waals surface area (Å²) < 4.78 is 26.5. The smallest absolute Gasteiger partial charge is 0.180 e. The molecule has 8 heteroatoms. The van der Waals surface area contributed by atoms with Crippen molar-refractivity contribution in [2.24, 2.45) is 7.05 Å². The van der Waals surface area contributed by atoms with Crippen LogP contribution in [0.2, 0.25) is 5.15 Å². The molecule has 6 nitrogen and oxygen atoms in total. The van der Waals surface area contributed by atoms with Gasteiger partial charge < -0.3 is 4.57 Å². The Hall–Kier alpha value is -1.99. The van der Waals surface area contributed by atoms with Gasteiger partial charge in [0.2, 0.25) is 0 Å². The van der Waals surface area contributed by atoms with Crippen molar-refractivity contribution in [1.29, 1.82) is 0 Å². The van der Waals surface area contributed by atoms with Crippen LogP contribution >= 0.6 is 11.6 Å². The number of imidazole rings is 1. The summed E-state index contributed by atoms with van der Waals surface area (Å²) in [5.74, 6) is 0.426. The van der Waals surface area contributed by atoms with E-state index in [1.165, 1.54) is 12.1 Å². The maximum Gasteiger partial charge on any atom is 0.180 e. The molecule has 120 valence electrons. The van der Waals surface area contributed by atoms with Crippen molar-refractivity contribution in [3.8, 4) is 11.5 Å². The first kappa shape index (κ1) is 15.9. The largest absolute Gasteiger partial charge is 0.324 e. The highest BCUT2D eigenvalue weighted by Crippen LogP contribution is 2.29. The third-order valence-corrected chi connectivity index (χ3v) is 5.63. The zero-order chi connectivity index (χ0) is 16.8. The van der Waals surface area contributed by atoms with Gasteiger partial charge in [-0.15, -0.1) is 0 Å². The molecule has 0 aliphatic carbocycles. The first-order chi connectivity index (χ1) is 10.8. The van der Waals surface area contributed by atoms with Gasteiger partial charge >= 0.3 is 0 Å². The molecule has 0 atom stereocenters. The number of halogens is 1. The van der Waals surface area contributed by atoms with Gasteiger partial charge in [0, 0.05) is 12.7 Å². The van der Waals surface area contributed by atoms with Gasteiger partial charge in [0.1, 0.15) is 10.8 Å². The van der Waals surface area contributed by atoms with Crippen LogP contribution in [0.5, 0.6) is 0 Å². The number of nitrogens with zero attached hydrogens (tertiary/aromatic N) is 4. The number of hydrogen-bond acceptors (Lipinski definition) is 5. The summed E-state index contributed by atoms with van der Waals surface area (Å²) in [7, 11) is -1.65. The third kappa shape index (κ3) is 2.70. The van der Waals surface area contributed by atoms with Gasteiger partial charge in [-0.25, -0.2) is 18.4 Å². The fraction of sp³-hybridized carbons (Fsp3) is 0.267. The number of rotatable bonds is 3. The molecule has 3 aromatic heterocycles. The van der Waals surface area contributed by atoms with E-state index >= 15 is 0 Å². The van der Waals surface area contributed by atoms with Crippen LogP contribution in [-0.2, 0) is 16.9 Å². The molecule has 3 heterocycles. The van der Waals surface area contributed by atoms with Gasteiger partial charge in [0.05, 0.1) is 27.9 Å². The lowest BCUT2D eigenvalue weighted by Crippen LogP contribution is -2.08. The number of pyridine rings is 2. The molecule has 0 spiro atoms. The van der Waals surface area contributed by atoms with Gasteiger partial charge in [-0.2, -0.15) is 0 Å². The molecule has 0 amide bonds. The van der Waals surface area contributed by atoms with E-state index in [2.05, 4.69) is 15.0 Å². The molecule has 3 rings (SSSR count). The van der Waals surface area contributed by atoms with Crippen LogP contribution in [0.15, 0.2) is 29.3 Å². The van der Waals surface area contributed by atoms with Crippen LogP contribution < -0.4 is 0 Å². The van der Waals surface area contributed by atoms with Crippen molar-refractivity contribution in [3.63, 3.8) is 0 Å². The van der Waals surface area contributed by atoms with Crippen molar-refractivity contribution in [1.82, 2.24) is 19.5 Å². The van der Waals surface area contributed by atoms with Gasteiger partial charge in [-0.3, -0.25) is 4.98 Å². The minimum absolute atomic E-state index is 0.0199. The zero-order valence-electron chi connectivity index (χ0n) is 12.9. The SMILES string of the molecule is CCS(=O)(=O)c1ccc(Cl)nc1-c1nc2cc(C)ncc2n1C. The van der Waals surface area contributed by atoms with E-state index in [9.17, 15) is 8.42 Å². The van der Waals surface area contributed by atoms with Gasteiger partial charge in [0.15, 0.2) is 15.7 Å². The van der Waals surface area contributed by atoms with Crippen molar-refractivity contribution in [2.45, 2.75) is 18.7 Å². The average Bonchev–Trinajstić information content (AvgIpc) is 2.83. The monoisotopic (exact) mass is 350 g/mol. The number of aromatic nitrogens is 4. The molecule has 0 bridgehead atoms. The van der Waals surface area contributed by atoms with Gasteiger partial charge in [-0.05, 0) is 25.1 Å². The van der Waals surface area contributed by atoms with Crippen molar-refractivity contribution < 1.29 is 8.42 Å². The molecule has 0 aliphatic rings. The van der Waals surface area contributed by atoms with E-state index < -0.39 is 9.84 Å². The fourth-order valence-corrected chi connectivity index (χ4v) is 3.56. The molecular formula is C15H15ClN4O2S. The summed E-state index contributed by atoms with van der Waals surface area (Å²) >= 11 is 5.98. The number of fused-ring (bicyclic) bond motifs is 1. The lowest BCUT2D eigenvalue weighted by Gasteiger charge is -2.09. The highest BCUT2D eigenvalue weighted by Gasteiger charge is 2.23. The average molecular weight is 351 g/mol. The van der Waals surface area contributed by atoms with E-state index in [-0.39, 0.29) is 21.5 Å². The fourth-order valence-electron chi connectivity index (χ4n) is 2.39. The quantitative estimate of drug-likeness (QED) is 0.679. The van der Waals surface area contributed by atoms with Crippen molar-refractivity contribution in [2.75, 3.05) is 5.75 Å². The molecule has 0 radical (unpaired) electrons. The predicted octanol–water partition coefficient (Wildman–Crippen LogP) is 2.79. The number of hydrogen-bond donors (Lipinski definition) is 0. The van der Waals surface area contributed by atoms with Crippen LogP contribution in [0.25, 0.3) is 22.6 Å². The highest BCUT2D eigenvalue weighted by atomic mass is 35.5. The van der Waals surface area contributed by atoms with E-state index in [0.717, 1.165) is 16.7 Å². The third-order valence-electron chi connectivity index (χ3n) is 3.66. The number of sulfone groups is 1. The normalized spacial score (nSPS) is 12.0. The Morgan fingerprint density at radius 2 is 2.00 bits per heavy atom. The second-order valence-electron chi connectivity index (χ2n) is 5.19. The van der Waals surface area contributed by atoms with Crippen LogP contribution in [0.4, 0.5) is 0 Å². The lowest BCUT2D eigenvalue weighted by atomic mass is 10.3. The predicted molar refractivity (Wildman–Crippen MR) is 89.2 cm³/mol. The first-order valence-electron chi connectivity index (χ1n) is 7.02. The van der Waals surface area contributed by atoms with Crippen LogP contribution in [-0.4, -0.2) is 33.7 Å². The van der Waals surface area contributed by atoms with Crippen molar-refractivity contribution in [3.05, 3.63) is 35.2 Å². The van der Waals surface area contributed by atoms with Gasteiger partial charge in [0.25, 0.3) is 0 Å². The Balaban J connectivity index is 2.35. The maximum absolute atomic E-state index is 12.4. The van der Waals surface area contributed by atoms with E-state index in [1.807, 2.05) is 13.0 Å². The molecule has 3 aromatic rings.